The molecule has 2 aliphatic rings. The van der Waals surface area contributed by atoms with Gasteiger partial charge in [-0.05, 0) is 55.5 Å². The van der Waals surface area contributed by atoms with E-state index in [1.165, 1.54) is 0 Å². The Labute approximate surface area is 186 Å². The zero-order chi connectivity index (χ0) is 21.4. The van der Waals surface area contributed by atoms with Crippen molar-refractivity contribution in [2.24, 2.45) is 0 Å². The molecule has 158 valence electrons. The number of nitrogens with one attached hydrogen (secondary N) is 1. The Bertz CT molecular complexity index is 1130. The summed E-state index contributed by atoms with van der Waals surface area (Å²) in [5, 5.41) is 2.80. The maximum atomic E-state index is 6.42. The zero-order valence-electron chi connectivity index (χ0n) is 17.3. The lowest BCUT2D eigenvalue weighted by molar-refractivity contribution is -0.0326. The molecule has 1 N–H and O–H groups in total. The fourth-order valence-electron chi connectivity index (χ4n) is 4.04. The van der Waals surface area contributed by atoms with Crippen molar-refractivity contribution in [2.75, 3.05) is 13.7 Å². The van der Waals surface area contributed by atoms with Gasteiger partial charge in [-0.15, -0.1) is 0 Å². The number of hydrogen-bond acceptors (Lipinski definition) is 5. The molecule has 0 saturated carbocycles. The van der Waals surface area contributed by atoms with Gasteiger partial charge in [0.25, 0.3) is 0 Å². The quantitative estimate of drug-likeness (QED) is 0.554. The molecule has 0 amide bonds. The summed E-state index contributed by atoms with van der Waals surface area (Å²) >= 11 is 6.31. The van der Waals surface area contributed by atoms with Crippen molar-refractivity contribution in [1.82, 2.24) is 10.4 Å². The topological polar surface area (TPSA) is 43.0 Å². The van der Waals surface area contributed by atoms with Crippen LogP contribution in [0.4, 0.5) is 0 Å². The molecule has 0 saturated heterocycles. The summed E-state index contributed by atoms with van der Waals surface area (Å²) in [4.78, 5) is 0. The summed E-state index contributed by atoms with van der Waals surface area (Å²) in [7, 11) is 1.67. The molecule has 2 unspecified atom stereocenters. The van der Waals surface area contributed by atoms with Crippen LogP contribution in [0.1, 0.15) is 35.9 Å². The lowest BCUT2D eigenvalue weighted by atomic mass is 10.0. The van der Waals surface area contributed by atoms with E-state index in [9.17, 15) is 0 Å². The molecule has 6 heteroatoms. The number of nitrogens with zero attached hydrogens (tertiary/aromatic N) is 1. The first-order valence-corrected chi connectivity index (χ1v) is 10.6. The first-order valence-electron chi connectivity index (χ1n) is 10.3. The molecular weight excluding hydrogens is 412 g/mol. The summed E-state index contributed by atoms with van der Waals surface area (Å²) < 4.78 is 17.4. The van der Waals surface area contributed by atoms with Crippen LogP contribution in [0.15, 0.2) is 72.8 Å². The smallest absolute Gasteiger partial charge is 0.195 e. The van der Waals surface area contributed by atoms with E-state index >= 15 is 0 Å². The van der Waals surface area contributed by atoms with Crippen molar-refractivity contribution in [3.8, 4) is 17.2 Å². The summed E-state index contributed by atoms with van der Waals surface area (Å²) in [5.74, 6) is 2.48. The average Bonchev–Trinajstić information content (AvgIpc) is 3.25. The fraction of sp³-hybridized carbons (Fsp3) is 0.200. The van der Waals surface area contributed by atoms with E-state index in [1.54, 1.807) is 7.11 Å². The SMILES string of the molecule is CCOc1ccc(C2Oc3ccc(Cl)cc3C3C=C(c4cccc(OC)c4)NN32)cc1. The van der Waals surface area contributed by atoms with E-state index in [0.29, 0.717) is 11.6 Å². The summed E-state index contributed by atoms with van der Waals surface area (Å²) in [6.07, 6.45) is 1.89. The molecule has 0 fully saturated rings. The molecule has 31 heavy (non-hydrogen) atoms. The highest BCUT2D eigenvalue weighted by Crippen LogP contribution is 2.46. The van der Waals surface area contributed by atoms with Crippen LogP contribution < -0.4 is 19.6 Å². The van der Waals surface area contributed by atoms with Crippen LogP contribution in [0.2, 0.25) is 5.02 Å². The van der Waals surface area contributed by atoms with Crippen molar-refractivity contribution in [2.45, 2.75) is 19.2 Å². The molecule has 3 aromatic carbocycles. The van der Waals surface area contributed by atoms with Gasteiger partial charge in [0, 0.05) is 21.7 Å². The minimum absolute atomic E-state index is 0.0276. The molecule has 5 nitrogen and oxygen atoms in total. The molecule has 0 aromatic heterocycles. The first-order chi connectivity index (χ1) is 15.2. The number of methoxy groups -OCH3 is 1. The van der Waals surface area contributed by atoms with E-state index in [4.69, 9.17) is 25.8 Å². The van der Waals surface area contributed by atoms with Crippen molar-refractivity contribution in [1.29, 1.82) is 0 Å². The molecule has 2 atom stereocenters. The standard InChI is InChI=1S/C25H23ClN2O3/c1-3-30-19-10-7-16(8-11-19)25-28-23(21-14-18(26)9-12-24(21)31-25)15-22(27-28)17-5-4-6-20(13-17)29-2/h4-15,23,25,27H,3H2,1-2H3. The van der Waals surface area contributed by atoms with E-state index in [1.807, 2.05) is 67.6 Å². The van der Waals surface area contributed by atoms with Crippen LogP contribution in [-0.4, -0.2) is 18.7 Å². The molecule has 2 aliphatic heterocycles. The van der Waals surface area contributed by atoms with Gasteiger partial charge in [0.1, 0.15) is 17.2 Å². The second-order valence-corrected chi connectivity index (χ2v) is 7.87. The maximum Gasteiger partial charge on any atom is 0.195 e. The average molecular weight is 435 g/mol. The number of ether oxygens (including phenoxy) is 3. The van der Waals surface area contributed by atoms with Crippen LogP contribution in [-0.2, 0) is 0 Å². The van der Waals surface area contributed by atoms with Gasteiger partial charge in [-0.3, -0.25) is 0 Å². The number of hydrazine groups is 1. The van der Waals surface area contributed by atoms with E-state index < -0.39 is 0 Å². The second-order valence-electron chi connectivity index (χ2n) is 7.43. The Morgan fingerprint density at radius 3 is 2.65 bits per heavy atom. The molecule has 3 aromatic rings. The third kappa shape index (κ3) is 3.71. The Morgan fingerprint density at radius 1 is 1.03 bits per heavy atom. The molecule has 0 bridgehead atoms. The summed E-state index contributed by atoms with van der Waals surface area (Å²) in [5.41, 5.74) is 7.65. The number of hydrogen-bond donors (Lipinski definition) is 1. The van der Waals surface area contributed by atoms with Crippen molar-refractivity contribution in [3.63, 3.8) is 0 Å². The predicted molar refractivity (Wildman–Crippen MR) is 121 cm³/mol. The van der Waals surface area contributed by atoms with Crippen LogP contribution in [0.5, 0.6) is 17.2 Å². The van der Waals surface area contributed by atoms with Gasteiger partial charge < -0.3 is 19.6 Å². The van der Waals surface area contributed by atoms with Gasteiger partial charge in [-0.1, -0.05) is 35.9 Å². The van der Waals surface area contributed by atoms with Gasteiger partial charge in [0.05, 0.1) is 25.5 Å². The Morgan fingerprint density at radius 2 is 1.87 bits per heavy atom. The molecule has 0 spiro atoms. The Hall–Kier alpha value is -3.15. The van der Waals surface area contributed by atoms with E-state index in [2.05, 4.69) is 22.6 Å². The first kappa shape index (κ1) is 19.8. The highest BCUT2D eigenvalue weighted by molar-refractivity contribution is 6.30. The molecule has 2 heterocycles. The zero-order valence-corrected chi connectivity index (χ0v) is 18.1. The number of rotatable bonds is 5. The Balaban J connectivity index is 1.54. The molecular formula is C25H23ClN2O3. The van der Waals surface area contributed by atoms with Crippen molar-refractivity contribution < 1.29 is 14.2 Å². The third-order valence-corrected chi connectivity index (χ3v) is 5.75. The lowest BCUT2D eigenvalue weighted by Crippen LogP contribution is -2.43. The van der Waals surface area contributed by atoms with Gasteiger partial charge in [0.2, 0.25) is 0 Å². The summed E-state index contributed by atoms with van der Waals surface area (Å²) in [6, 6.07) is 21.8. The number of fused-ring (bicyclic) bond motifs is 3. The third-order valence-electron chi connectivity index (χ3n) is 5.51. The monoisotopic (exact) mass is 434 g/mol. The predicted octanol–water partition coefficient (Wildman–Crippen LogP) is 5.74. The van der Waals surface area contributed by atoms with E-state index in [0.717, 1.165) is 39.6 Å². The number of halogens is 1. The highest BCUT2D eigenvalue weighted by Gasteiger charge is 2.40. The van der Waals surface area contributed by atoms with Gasteiger partial charge in [-0.2, -0.15) is 5.01 Å². The van der Waals surface area contributed by atoms with Gasteiger partial charge >= 0.3 is 0 Å². The van der Waals surface area contributed by atoms with Gasteiger partial charge in [-0.25, -0.2) is 0 Å². The fourth-order valence-corrected chi connectivity index (χ4v) is 4.22. The van der Waals surface area contributed by atoms with E-state index in [-0.39, 0.29) is 12.3 Å². The molecule has 5 rings (SSSR count). The van der Waals surface area contributed by atoms with Crippen LogP contribution in [0.25, 0.3) is 5.70 Å². The maximum absolute atomic E-state index is 6.42. The van der Waals surface area contributed by atoms with Crippen molar-refractivity contribution >= 4 is 17.3 Å². The minimum Gasteiger partial charge on any atom is -0.497 e. The van der Waals surface area contributed by atoms with Crippen LogP contribution in [0, 0.1) is 0 Å². The normalized spacial score (nSPS) is 19.5. The molecule has 0 aliphatic carbocycles. The van der Waals surface area contributed by atoms with Gasteiger partial charge in [0.15, 0.2) is 6.23 Å². The van der Waals surface area contributed by atoms with Crippen molar-refractivity contribution in [3.05, 3.63) is 94.5 Å². The second kappa shape index (κ2) is 8.17. The Kier molecular flexibility index (Phi) is 5.22. The largest absolute Gasteiger partial charge is 0.497 e. The minimum atomic E-state index is -0.311. The lowest BCUT2D eigenvalue weighted by Gasteiger charge is -2.39. The highest BCUT2D eigenvalue weighted by atomic mass is 35.5. The summed E-state index contributed by atoms with van der Waals surface area (Å²) in [6.45, 7) is 2.61. The van der Waals surface area contributed by atoms with Crippen LogP contribution >= 0.6 is 11.6 Å². The van der Waals surface area contributed by atoms with Crippen LogP contribution in [0.3, 0.4) is 0 Å². The number of benzene rings is 3. The molecule has 0 radical (unpaired) electrons.